The topological polar surface area (TPSA) is 67.9 Å². The fourth-order valence-electron chi connectivity index (χ4n) is 3.65. The molecule has 8 heteroatoms. The molecular weight excluding hydrogens is 451 g/mol. The number of likely N-dealkylation sites (N-methyl/N-ethyl adjacent to an activating group) is 1. The number of amides is 2. The van der Waals surface area contributed by atoms with Crippen LogP contribution in [-0.2, 0) is 9.53 Å². The maximum absolute atomic E-state index is 13.0. The number of benzene rings is 2. The van der Waals surface area contributed by atoms with Crippen LogP contribution in [0.1, 0.15) is 35.2 Å². The van der Waals surface area contributed by atoms with Gasteiger partial charge in [0.1, 0.15) is 12.4 Å². The van der Waals surface area contributed by atoms with Crippen LogP contribution in [0.4, 0.5) is 4.79 Å². The van der Waals surface area contributed by atoms with Crippen molar-refractivity contribution >= 4 is 35.2 Å². The lowest BCUT2D eigenvalue weighted by Gasteiger charge is -2.35. The highest BCUT2D eigenvalue weighted by atomic mass is 35.5. The van der Waals surface area contributed by atoms with Crippen LogP contribution in [0.5, 0.6) is 5.75 Å². The summed E-state index contributed by atoms with van der Waals surface area (Å²) in [5, 5.41) is 3.41. The normalized spacial score (nSPS) is 16.2. The molecule has 0 radical (unpaired) electrons. The van der Waals surface area contributed by atoms with Crippen molar-refractivity contribution in [1.29, 1.82) is 0 Å². The van der Waals surface area contributed by atoms with E-state index in [1.807, 2.05) is 26.8 Å². The van der Waals surface area contributed by atoms with Crippen molar-refractivity contribution < 1.29 is 19.1 Å². The molecular formula is C24H26Cl2N2O4. The number of hydrogen-bond donors (Lipinski definition) is 1. The summed E-state index contributed by atoms with van der Waals surface area (Å²) in [7, 11) is 1.58. The summed E-state index contributed by atoms with van der Waals surface area (Å²) < 4.78 is 11.4. The van der Waals surface area contributed by atoms with Gasteiger partial charge in [-0.1, -0.05) is 41.4 Å². The quantitative estimate of drug-likeness (QED) is 0.557. The Morgan fingerprint density at radius 2 is 1.91 bits per heavy atom. The number of urea groups is 1. The fraction of sp³-hybridized carbons (Fsp3) is 0.333. The number of carbonyl (C=O) groups is 2. The molecule has 0 saturated heterocycles. The van der Waals surface area contributed by atoms with Gasteiger partial charge in [0.15, 0.2) is 0 Å². The van der Waals surface area contributed by atoms with Crippen LogP contribution in [-0.4, -0.2) is 37.2 Å². The number of nitrogens with zero attached hydrogens (tertiary/aromatic N) is 1. The number of carbonyl (C=O) groups excluding carboxylic acids is 2. The van der Waals surface area contributed by atoms with E-state index in [0.717, 1.165) is 16.7 Å². The third-order valence-corrected chi connectivity index (χ3v) is 6.33. The Bertz CT molecular complexity index is 1100. The lowest BCUT2D eigenvalue weighted by atomic mass is 9.94. The van der Waals surface area contributed by atoms with Gasteiger partial charge in [-0.2, -0.15) is 0 Å². The minimum Gasteiger partial charge on any atom is -0.487 e. The van der Waals surface area contributed by atoms with Gasteiger partial charge in [0, 0.05) is 7.05 Å². The highest BCUT2D eigenvalue weighted by Gasteiger charge is 2.38. The molecule has 2 amide bonds. The summed E-state index contributed by atoms with van der Waals surface area (Å²) in [4.78, 5) is 27.2. The molecule has 0 aliphatic carbocycles. The Labute approximate surface area is 198 Å². The summed E-state index contributed by atoms with van der Waals surface area (Å²) in [5.41, 5.74) is 4.29. The molecule has 170 valence electrons. The molecule has 2 aromatic rings. The van der Waals surface area contributed by atoms with Crippen molar-refractivity contribution in [2.24, 2.45) is 0 Å². The van der Waals surface area contributed by atoms with Gasteiger partial charge in [-0.3, -0.25) is 4.90 Å². The lowest BCUT2D eigenvalue weighted by Crippen LogP contribution is -2.48. The van der Waals surface area contributed by atoms with Crippen molar-refractivity contribution in [3.05, 3.63) is 73.9 Å². The predicted molar refractivity (Wildman–Crippen MR) is 125 cm³/mol. The predicted octanol–water partition coefficient (Wildman–Crippen LogP) is 5.51. The van der Waals surface area contributed by atoms with E-state index in [9.17, 15) is 9.59 Å². The summed E-state index contributed by atoms with van der Waals surface area (Å²) >= 11 is 12.6. The largest absolute Gasteiger partial charge is 0.487 e. The van der Waals surface area contributed by atoms with Gasteiger partial charge in [0.25, 0.3) is 0 Å². The van der Waals surface area contributed by atoms with E-state index in [1.165, 1.54) is 4.90 Å². The van der Waals surface area contributed by atoms with E-state index in [2.05, 4.69) is 11.4 Å². The summed E-state index contributed by atoms with van der Waals surface area (Å²) in [5.74, 6) is 0.131. The molecule has 0 spiro atoms. The number of aryl methyl sites for hydroxylation is 2. The van der Waals surface area contributed by atoms with Crippen LogP contribution < -0.4 is 10.1 Å². The number of ether oxygens (including phenoxy) is 2. The summed E-state index contributed by atoms with van der Waals surface area (Å²) in [6, 6.07) is 7.86. The van der Waals surface area contributed by atoms with Crippen LogP contribution in [0, 0.1) is 20.8 Å². The van der Waals surface area contributed by atoms with Gasteiger partial charge in [-0.25, -0.2) is 9.59 Å². The fourth-order valence-corrected chi connectivity index (χ4v) is 4.07. The number of nitrogens with one attached hydrogen (secondary N) is 1. The van der Waals surface area contributed by atoms with Gasteiger partial charge in [0.05, 0.1) is 34.0 Å². The highest BCUT2D eigenvalue weighted by Crippen LogP contribution is 2.37. The molecule has 0 saturated carbocycles. The minimum atomic E-state index is -0.831. The molecule has 6 nitrogen and oxygen atoms in total. The third kappa shape index (κ3) is 4.71. The zero-order valence-corrected chi connectivity index (χ0v) is 20.2. The first-order valence-corrected chi connectivity index (χ1v) is 11.0. The van der Waals surface area contributed by atoms with Gasteiger partial charge in [-0.05, 0) is 62.1 Å². The van der Waals surface area contributed by atoms with Crippen molar-refractivity contribution in [1.82, 2.24) is 10.2 Å². The average molecular weight is 477 g/mol. The molecule has 0 fully saturated rings. The second-order valence-corrected chi connectivity index (χ2v) is 8.44. The van der Waals surface area contributed by atoms with E-state index >= 15 is 0 Å². The van der Waals surface area contributed by atoms with Gasteiger partial charge < -0.3 is 14.8 Å². The van der Waals surface area contributed by atoms with Crippen molar-refractivity contribution in [2.75, 3.05) is 20.3 Å². The number of hydrogen-bond acceptors (Lipinski definition) is 4. The summed E-state index contributed by atoms with van der Waals surface area (Å²) in [6.07, 6.45) is 0. The first-order valence-electron chi connectivity index (χ1n) is 10.2. The average Bonchev–Trinajstić information content (AvgIpc) is 2.74. The second kappa shape index (κ2) is 9.84. The van der Waals surface area contributed by atoms with Crippen LogP contribution >= 0.6 is 23.2 Å². The molecule has 2 aromatic carbocycles. The number of esters is 1. The molecule has 0 bridgehead atoms. The maximum atomic E-state index is 13.0. The number of rotatable bonds is 6. The van der Waals surface area contributed by atoms with Gasteiger partial charge in [-0.15, -0.1) is 0 Å². The molecule has 1 aliphatic heterocycles. The van der Waals surface area contributed by atoms with Crippen LogP contribution in [0.15, 0.2) is 41.6 Å². The van der Waals surface area contributed by atoms with Crippen molar-refractivity contribution in [3.8, 4) is 5.75 Å². The standard InChI is InChI=1S/C24H26Cl2N2O4/c1-6-31-23(29)20-18(12-32-19-11-13(2)10-14(3)15(19)4)28(5)24(30)27-22(20)16-8-7-9-17(25)21(16)26/h7-11,22H,6,12H2,1-5H3,(H,27,30). The molecule has 1 unspecified atom stereocenters. The molecule has 32 heavy (non-hydrogen) atoms. The van der Waals surface area contributed by atoms with Crippen molar-refractivity contribution in [2.45, 2.75) is 33.7 Å². The molecule has 1 atom stereocenters. The Balaban J connectivity index is 2.11. The Morgan fingerprint density at radius 3 is 2.59 bits per heavy atom. The van der Waals surface area contributed by atoms with E-state index in [-0.39, 0.29) is 23.8 Å². The first kappa shape index (κ1) is 24.0. The highest BCUT2D eigenvalue weighted by molar-refractivity contribution is 6.42. The van der Waals surface area contributed by atoms with E-state index in [4.69, 9.17) is 32.7 Å². The molecule has 3 rings (SSSR count). The molecule has 1 aliphatic rings. The second-order valence-electron chi connectivity index (χ2n) is 7.66. The molecule has 0 aromatic heterocycles. The molecule has 1 heterocycles. The zero-order chi connectivity index (χ0) is 23.6. The zero-order valence-electron chi connectivity index (χ0n) is 18.7. The van der Waals surface area contributed by atoms with E-state index in [0.29, 0.717) is 22.0 Å². The monoisotopic (exact) mass is 476 g/mol. The van der Waals surface area contributed by atoms with Crippen LogP contribution in [0.3, 0.4) is 0 Å². The lowest BCUT2D eigenvalue weighted by molar-refractivity contribution is -0.139. The van der Waals surface area contributed by atoms with Crippen molar-refractivity contribution in [3.63, 3.8) is 0 Å². The van der Waals surface area contributed by atoms with Crippen LogP contribution in [0.25, 0.3) is 0 Å². The maximum Gasteiger partial charge on any atom is 0.338 e. The van der Waals surface area contributed by atoms with Gasteiger partial charge >= 0.3 is 12.0 Å². The Morgan fingerprint density at radius 1 is 1.19 bits per heavy atom. The first-order chi connectivity index (χ1) is 15.1. The van der Waals surface area contributed by atoms with E-state index in [1.54, 1.807) is 32.2 Å². The van der Waals surface area contributed by atoms with Gasteiger partial charge in [0.2, 0.25) is 0 Å². The third-order valence-electron chi connectivity index (χ3n) is 5.49. The summed E-state index contributed by atoms with van der Waals surface area (Å²) in [6.45, 7) is 7.86. The minimum absolute atomic E-state index is 0.00349. The van der Waals surface area contributed by atoms with Crippen LogP contribution in [0.2, 0.25) is 10.0 Å². The smallest absolute Gasteiger partial charge is 0.338 e. The SMILES string of the molecule is CCOC(=O)C1=C(COc2cc(C)cc(C)c2C)N(C)C(=O)NC1c1cccc(Cl)c1Cl. The Kier molecular flexibility index (Phi) is 7.36. The van der Waals surface area contributed by atoms with E-state index < -0.39 is 18.0 Å². The molecule has 1 N–H and O–H groups in total. The Hall–Kier alpha value is -2.70. The number of halogens is 2.